The molecule has 298 valence electrons. The number of para-hydroxylation sites is 8. The first kappa shape index (κ1) is 34.9. The fourth-order valence-corrected chi connectivity index (χ4v) is 10.4. The van der Waals surface area contributed by atoms with E-state index in [1.807, 2.05) is 0 Å². The molecular formula is C57H35N7. The summed E-state index contributed by atoms with van der Waals surface area (Å²) < 4.78 is 9.18. The summed E-state index contributed by atoms with van der Waals surface area (Å²) in [7, 11) is 0. The third-order valence-corrected chi connectivity index (χ3v) is 13.0. The summed E-state index contributed by atoms with van der Waals surface area (Å²) in [4.78, 5) is 16.7. The molecule has 5 heterocycles. The molecule has 14 aromatic rings. The Balaban J connectivity index is 1.17. The van der Waals surface area contributed by atoms with E-state index < -0.39 is 0 Å². The smallest absolute Gasteiger partial charge is 0.240 e. The highest BCUT2D eigenvalue weighted by atomic mass is 15.3. The van der Waals surface area contributed by atoms with Crippen LogP contribution in [0.4, 0.5) is 0 Å². The zero-order valence-corrected chi connectivity index (χ0v) is 34.3. The summed E-state index contributed by atoms with van der Waals surface area (Å²) in [6.07, 6.45) is 0. The molecule has 0 saturated heterocycles. The Labute approximate surface area is 366 Å². The van der Waals surface area contributed by atoms with Crippen LogP contribution in [0.1, 0.15) is 0 Å². The van der Waals surface area contributed by atoms with Gasteiger partial charge in [-0.2, -0.15) is 15.0 Å². The number of nitrogens with zero attached hydrogens (tertiary/aromatic N) is 7. The maximum atomic E-state index is 5.61. The Hall–Kier alpha value is -8.81. The van der Waals surface area contributed by atoms with Crippen molar-refractivity contribution in [1.82, 2.24) is 33.2 Å². The second kappa shape index (κ2) is 13.3. The molecule has 0 atom stereocenters. The van der Waals surface area contributed by atoms with Gasteiger partial charge in [0.25, 0.3) is 0 Å². The molecule has 64 heavy (non-hydrogen) atoms. The molecule has 0 aliphatic carbocycles. The average Bonchev–Trinajstić information content (AvgIpc) is 4.09. The zero-order chi connectivity index (χ0) is 41.9. The molecule has 0 N–H and O–H groups in total. The Bertz CT molecular complexity index is 3910. The van der Waals surface area contributed by atoms with Gasteiger partial charge in [0.2, 0.25) is 11.9 Å². The molecule has 0 spiro atoms. The minimum Gasteiger partial charge on any atom is -0.309 e. The van der Waals surface area contributed by atoms with Crippen LogP contribution in [-0.2, 0) is 0 Å². The lowest BCUT2D eigenvalue weighted by molar-refractivity contribution is 0.892. The molecule has 0 amide bonds. The zero-order valence-electron chi connectivity index (χ0n) is 34.3. The Morgan fingerprint density at radius 2 is 0.578 bits per heavy atom. The van der Waals surface area contributed by atoms with E-state index in [-0.39, 0.29) is 0 Å². The number of rotatable bonds is 5. The van der Waals surface area contributed by atoms with Crippen LogP contribution >= 0.6 is 0 Å². The van der Waals surface area contributed by atoms with Crippen molar-refractivity contribution in [2.75, 3.05) is 0 Å². The first-order valence-electron chi connectivity index (χ1n) is 21.6. The predicted molar refractivity (Wildman–Crippen MR) is 263 cm³/mol. The van der Waals surface area contributed by atoms with Crippen LogP contribution in [0.5, 0.6) is 0 Å². The molecule has 0 aliphatic heterocycles. The van der Waals surface area contributed by atoms with Gasteiger partial charge in [0.05, 0.1) is 49.8 Å². The number of hydrogen-bond acceptors (Lipinski definition) is 3. The number of benzene rings is 9. The second-order valence-corrected chi connectivity index (χ2v) is 16.4. The lowest BCUT2D eigenvalue weighted by Gasteiger charge is -2.17. The fourth-order valence-electron chi connectivity index (χ4n) is 10.4. The molecule has 0 fully saturated rings. The van der Waals surface area contributed by atoms with E-state index in [9.17, 15) is 0 Å². The van der Waals surface area contributed by atoms with E-state index in [4.69, 9.17) is 15.0 Å². The molecule has 7 heteroatoms. The highest BCUT2D eigenvalue weighted by Crippen LogP contribution is 2.42. The van der Waals surface area contributed by atoms with E-state index in [1.54, 1.807) is 0 Å². The van der Waals surface area contributed by atoms with Crippen LogP contribution in [0.2, 0.25) is 0 Å². The topological polar surface area (TPSA) is 58.4 Å². The van der Waals surface area contributed by atoms with Crippen LogP contribution in [0.15, 0.2) is 212 Å². The van der Waals surface area contributed by atoms with Gasteiger partial charge in [-0.15, -0.1) is 0 Å². The molecular weight excluding hydrogens is 783 g/mol. The van der Waals surface area contributed by atoms with Crippen molar-refractivity contribution in [3.8, 4) is 34.7 Å². The van der Waals surface area contributed by atoms with E-state index in [2.05, 4.69) is 231 Å². The molecule has 5 aromatic heterocycles. The summed E-state index contributed by atoms with van der Waals surface area (Å²) in [6, 6.07) is 75.5. The fraction of sp³-hybridized carbons (Fsp3) is 0. The number of fused-ring (bicyclic) bond motifs is 12. The highest BCUT2D eigenvalue weighted by molar-refractivity contribution is 6.14. The van der Waals surface area contributed by atoms with Crippen molar-refractivity contribution in [2.24, 2.45) is 0 Å². The lowest BCUT2D eigenvalue weighted by atomic mass is 10.1. The van der Waals surface area contributed by atoms with Crippen molar-refractivity contribution >= 4 is 87.2 Å². The largest absolute Gasteiger partial charge is 0.309 e. The molecule has 9 aromatic carbocycles. The van der Waals surface area contributed by atoms with E-state index >= 15 is 0 Å². The molecule has 0 saturated carbocycles. The van der Waals surface area contributed by atoms with Gasteiger partial charge < -0.3 is 9.13 Å². The quantitative estimate of drug-likeness (QED) is 0.174. The Morgan fingerprint density at radius 1 is 0.250 bits per heavy atom. The van der Waals surface area contributed by atoms with Crippen molar-refractivity contribution < 1.29 is 0 Å². The standard InChI is InChI=1S/C57H35N7/c1-2-18-36(19-3-1)61-46-27-11-10-26-43(46)44-34-45(54(35-53(44)61)62-47-28-12-4-20-37(47)38-21-5-13-29-48(38)62)55-58-56(63-49-30-14-6-22-39(49)40-23-7-15-31-50(40)63)60-57(59-55)64-51-32-16-8-24-41(51)42-25-9-17-33-52(42)64/h1-35H. The summed E-state index contributed by atoms with van der Waals surface area (Å²) >= 11 is 0. The molecule has 0 aliphatic rings. The minimum absolute atomic E-state index is 0.541. The normalized spacial score (nSPS) is 12.1. The van der Waals surface area contributed by atoms with Gasteiger partial charge in [-0.1, -0.05) is 146 Å². The summed E-state index contributed by atoms with van der Waals surface area (Å²) in [6.45, 7) is 0. The van der Waals surface area contributed by atoms with Gasteiger partial charge in [-0.3, -0.25) is 9.13 Å². The van der Waals surface area contributed by atoms with Crippen molar-refractivity contribution in [1.29, 1.82) is 0 Å². The van der Waals surface area contributed by atoms with Crippen LogP contribution in [0.25, 0.3) is 122 Å². The second-order valence-electron chi connectivity index (χ2n) is 16.4. The van der Waals surface area contributed by atoms with Gasteiger partial charge >= 0.3 is 0 Å². The van der Waals surface area contributed by atoms with E-state index in [0.29, 0.717) is 17.7 Å². The third-order valence-electron chi connectivity index (χ3n) is 13.0. The average molecular weight is 818 g/mol. The van der Waals surface area contributed by atoms with Gasteiger partial charge in [0, 0.05) is 54.3 Å². The molecule has 7 nitrogen and oxygen atoms in total. The van der Waals surface area contributed by atoms with Crippen LogP contribution < -0.4 is 0 Å². The third kappa shape index (κ3) is 4.89. The van der Waals surface area contributed by atoms with E-state index in [0.717, 1.165) is 93.4 Å². The number of hydrogen-bond donors (Lipinski definition) is 0. The number of aromatic nitrogens is 7. The molecule has 0 unspecified atom stereocenters. The summed E-state index contributed by atoms with van der Waals surface area (Å²) in [5, 5.41) is 9.17. The van der Waals surface area contributed by atoms with E-state index in [1.165, 1.54) is 10.8 Å². The van der Waals surface area contributed by atoms with Gasteiger partial charge in [0.15, 0.2) is 5.82 Å². The summed E-state index contributed by atoms with van der Waals surface area (Å²) in [5.74, 6) is 1.65. The maximum absolute atomic E-state index is 5.61. The minimum atomic E-state index is 0.541. The van der Waals surface area contributed by atoms with Crippen LogP contribution in [-0.4, -0.2) is 33.2 Å². The first-order chi connectivity index (χ1) is 31.8. The summed E-state index contributed by atoms with van der Waals surface area (Å²) in [5.41, 5.74) is 11.5. The van der Waals surface area contributed by atoms with Gasteiger partial charge in [0.1, 0.15) is 0 Å². The van der Waals surface area contributed by atoms with Crippen LogP contribution in [0.3, 0.4) is 0 Å². The predicted octanol–water partition coefficient (Wildman–Crippen LogP) is 13.9. The van der Waals surface area contributed by atoms with Crippen molar-refractivity contribution in [3.05, 3.63) is 212 Å². The van der Waals surface area contributed by atoms with Crippen molar-refractivity contribution in [2.45, 2.75) is 0 Å². The first-order valence-corrected chi connectivity index (χ1v) is 21.6. The van der Waals surface area contributed by atoms with Crippen molar-refractivity contribution in [3.63, 3.8) is 0 Å². The Morgan fingerprint density at radius 3 is 0.984 bits per heavy atom. The highest BCUT2D eigenvalue weighted by Gasteiger charge is 2.25. The molecule has 0 radical (unpaired) electrons. The van der Waals surface area contributed by atoms with Crippen LogP contribution in [0, 0.1) is 0 Å². The Kier molecular flexibility index (Phi) is 7.27. The van der Waals surface area contributed by atoms with Gasteiger partial charge in [-0.25, -0.2) is 0 Å². The maximum Gasteiger partial charge on any atom is 0.240 e. The molecule has 14 rings (SSSR count). The lowest BCUT2D eigenvalue weighted by Crippen LogP contribution is -2.11. The SMILES string of the molecule is c1ccc(-n2c3ccccc3c3cc(-c4nc(-n5c6ccccc6c6ccccc65)nc(-n5c6ccccc6c6ccccc65)n4)c(-n4c5ccccc5c5ccccc54)cc32)cc1. The molecule has 0 bridgehead atoms. The van der Waals surface area contributed by atoms with Gasteiger partial charge in [-0.05, 0) is 66.7 Å². The monoisotopic (exact) mass is 817 g/mol.